The van der Waals surface area contributed by atoms with E-state index in [1.165, 1.54) is 0 Å². The van der Waals surface area contributed by atoms with Crippen molar-refractivity contribution in [2.75, 3.05) is 11.9 Å². The van der Waals surface area contributed by atoms with Crippen LogP contribution in [0.1, 0.15) is 35.7 Å². The lowest BCUT2D eigenvalue weighted by Gasteiger charge is -2.05. The van der Waals surface area contributed by atoms with Crippen LogP contribution in [0, 0.1) is 5.92 Å². The first-order chi connectivity index (χ1) is 12.7. The molecule has 6 nitrogen and oxygen atoms in total. The Hall–Kier alpha value is -3.15. The van der Waals surface area contributed by atoms with Crippen molar-refractivity contribution in [1.82, 2.24) is 5.43 Å². The first-order valence-corrected chi connectivity index (χ1v) is 8.63. The van der Waals surface area contributed by atoms with Gasteiger partial charge in [-0.2, -0.15) is 5.10 Å². The molecule has 0 saturated heterocycles. The third kappa shape index (κ3) is 4.92. The minimum absolute atomic E-state index is 0.0437. The standard InChI is InChI=1S/C20H21N3O3/c1-2-26-18-11-3-14(4-12-18)13-21-23-20(25)16-7-9-17(10-8-16)22-19(24)15-5-6-15/h3-4,7-13,15H,2,5-6H2,1H3,(H,22,24)(H,23,25). The van der Waals surface area contributed by atoms with Crippen molar-refractivity contribution >= 4 is 23.7 Å². The highest BCUT2D eigenvalue weighted by molar-refractivity contribution is 5.97. The van der Waals surface area contributed by atoms with Gasteiger partial charge in [0.05, 0.1) is 12.8 Å². The number of carbonyl (C=O) groups excluding carboxylic acids is 2. The molecule has 2 aromatic rings. The summed E-state index contributed by atoms with van der Waals surface area (Å²) in [4.78, 5) is 23.8. The topological polar surface area (TPSA) is 79.8 Å². The molecule has 1 saturated carbocycles. The number of hydrogen-bond donors (Lipinski definition) is 2. The number of nitrogens with one attached hydrogen (secondary N) is 2. The Morgan fingerprint density at radius 1 is 1.12 bits per heavy atom. The molecular formula is C20H21N3O3. The van der Waals surface area contributed by atoms with E-state index in [-0.39, 0.29) is 17.7 Å². The van der Waals surface area contributed by atoms with Crippen LogP contribution < -0.4 is 15.5 Å². The largest absolute Gasteiger partial charge is 0.494 e. The second-order valence-corrected chi connectivity index (χ2v) is 6.04. The Morgan fingerprint density at radius 2 is 1.81 bits per heavy atom. The molecule has 0 unspecified atom stereocenters. The molecule has 0 bridgehead atoms. The quantitative estimate of drug-likeness (QED) is 0.594. The Kier molecular flexibility index (Phi) is 5.63. The Labute approximate surface area is 152 Å². The number of benzene rings is 2. The zero-order valence-electron chi connectivity index (χ0n) is 14.6. The van der Waals surface area contributed by atoms with E-state index in [9.17, 15) is 9.59 Å². The molecule has 1 aliphatic rings. The molecular weight excluding hydrogens is 330 g/mol. The second-order valence-electron chi connectivity index (χ2n) is 6.04. The monoisotopic (exact) mass is 351 g/mol. The van der Waals surface area contributed by atoms with Gasteiger partial charge in [-0.3, -0.25) is 9.59 Å². The van der Waals surface area contributed by atoms with Gasteiger partial charge in [-0.15, -0.1) is 0 Å². The smallest absolute Gasteiger partial charge is 0.271 e. The first kappa shape index (κ1) is 17.7. The van der Waals surface area contributed by atoms with Crippen molar-refractivity contribution < 1.29 is 14.3 Å². The van der Waals surface area contributed by atoms with Crippen molar-refractivity contribution in [2.24, 2.45) is 11.0 Å². The number of amides is 2. The lowest BCUT2D eigenvalue weighted by Crippen LogP contribution is -2.18. The van der Waals surface area contributed by atoms with Crippen molar-refractivity contribution in [1.29, 1.82) is 0 Å². The van der Waals surface area contributed by atoms with Gasteiger partial charge in [0.15, 0.2) is 0 Å². The zero-order chi connectivity index (χ0) is 18.4. The van der Waals surface area contributed by atoms with Gasteiger partial charge in [-0.25, -0.2) is 5.43 Å². The van der Waals surface area contributed by atoms with E-state index >= 15 is 0 Å². The summed E-state index contributed by atoms with van der Waals surface area (Å²) in [5.74, 6) is 0.673. The number of carbonyl (C=O) groups is 2. The average Bonchev–Trinajstić information content (AvgIpc) is 3.49. The van der Waals surface area contributed by atoms with Crippen molar-refractivity contribution in [3.8, 4) is 5.75 Å². The SMILES string of the molecule is CCOc1ccc(C=NNC(=O)c2ccc(NC(=O)C3CC3)cc2)cc1. The molecule has 0 aliphatic heterocycles. The number of hydrogen-bond acceptors (Lipinski definition) is 4. The van der Waals surface area contributed by atoms with Gasteiger partial charge in [-0.05, 0) is 73.9 Å². The third-order valence-corrected chi connectivity index (χ3v) is 3.93. The highest BCUT2D eigenvalue weighted by Gasteiger charge is 2.29. The normalized spacial score (nSPS) is 13.4. The van der Waals surface area contributed by atoms with E-state index in [1.54, 1.807) is 30.5 Å². The van der Waals surface area contributed by atoms with Crippen LogP contribution in [0.15, 0.2) is 53.6 Å². The lowest BCUT2D eigenvalue weighted by molar-refractivity contribution is -0.117. The molecule has 2 aromatic carbocycles. The second kappa shape index (κ2) is 8.29. The number of rotatable bonds is 7. The van der Waals surface area contributed by atoms with E-state index in [2.05, 4.69) is 15.8 Å². The van der Waals surface area contributed by atoms with Crippen LogP contribution in [0.2, 0.25) is 0 Å². The number of anilines is 1. The molecule has 2 N–H and O–H groups in total. The maximum absolute atomic E-state index is 12.1. The van der Waals surface area contributed by atoms with Gasteiger partial charge in [-0.1, -0.05) is 0 Å². The van der Waals surface area contributed by atoms with Crippen molar-refractivity contribution in [3.63, 3.8) is 0 Å². The fourth-order valence-electron chi connectivity index (χ4n) is 2.34. The molecule has 0 heterocycles. The highest BCUT2D eigenvalue weighted by atomic mass is 16.5. The molecule has 2 amide bonds. The van der Waals surface area contributed by atoms with Gasteiger partial charge >= 0.3 is 0 Å². The van der Waals surface area contributed by atoms with Gasteiger partial charge in [0.25, 0.3) is 5.91 Å². The van der Waals surface area contributed by atoms with Gasteiger partial charge in [0, 0.05) is 17.2 Å². The minimum atomic E-state index is -0.313. The number of ether oxygens (including phenoxy) is 1. The van der Waals surface area contributed by atoms with Gasteiger partial charge < -0.3 is 10.1 Å². The van der Waals surface area contributed by atoms with Gasteiger partial charge in [0.2, 0.25) is 5.91 Å². The molecule has 134 valence electrons. The first-order valence-electron chi connectivity index (χ1n) is 8.63. The summed E-state index contributed by atoms with van der Waals surface area (Å²) in [7, 11) is 0. The van der Waals surface area contributed by atoms with Gasteiger partial charge in [0.1, 0.15) is 5.75 Å². The van der Waals surface area contributed by atoms with E-state index in [4.69, 9.17) is 4.74 Å². The summed E-state index contributed by atoms with van der Waals surface area (Å²) in [5.41, 5.74) is 4.50. The highest BCUT2D eigenvalue weighted by Crippen LogP contribution is 2.30. The predicted octanol–water partition coefficient (Wildman–Crippen LogP) is 3.20. The predicted molar refractivity (Wildman–Crippen MR) is 100 cm³/mol. The molecule has 0 atom stereocenters. The number of nitrogens with zero attached hydrogens (tertiary/aromatic N) is 1. The van der Waals surface area contributed by atoms with Crippen LogP contribution in [-0.4, -0.2) is 24.6 Å². The molecule has 0 aromatic heterocycles. The molecule has 6 heteroatoms. The molecule has 1 aliphatic carbocycles. The average molecular weight is 351 g/mol. The summed E-state index contributed by atoms with van der Waals surface area (Å²) < 4.78 is 5.37. The summed E-state index contributed by atoms with van der Waals surface area (Å²) in [6.07, 6.45) is 3.48. The molecule has 1 fully saturated rings. The third-order valence-electron chi connectivity index (χ3n) is 3.93. The van der Waals surface area contributed by atoms with E-state index in [1.807, 2.05) is 31.2 Å². The van der Waals surface area contributed by atoms with Crippen LogP contribution in [0.25, 0.3) is 0 Å². The minimum Gasteiger partial charge on any atom is -0.494 e. The van der Waals surface area contributed by atoms with Crippen LogP contribution in [0.5, 0.6) is 5.75 Å². The maximum atomic E-state index is 12.1. The Bertz CT molecular complexity index is 794. The maximum Gasteiger partial charge on any atom is 0.271 e. The number of hydrazone groups is 1. The van der Waals surface area contributed by atoms with Crippen LogP contribution in [0.3, 0.4) is 0 Å². The Morgan fingerprint density at radius 3 is 2.42 bits per heavy atom. The summed E-state index contributed by atoms with van der Waals surface area (Å²) >= 11 is 0. The van der Waals surface area contributed by atoms with Crippen LogP contribution in [0.4, 0.5) is 5.69 Å². The van der Waals surface area contributed by atoms with E-state index < -0.39 is 0 Å². The molecule has 3 rings (SSSR count). The summed E-state index contributed by atoms with van der Waals surface area (Å²) in [5, 5.41) is 6.80. The Balaban J connectivity index is 1.51. The fraction of sp³-hybridized carbons (Fsp3) is 0.250. The van der Waals surface area contributed by atoms with Crippen LogP contribution >= 0.6 is 0 Å². The zero-order valence-corrected chi connectivity index (χ0v) is 14.6. The van der Waals surface area contributed by atoms with E-state index in [0.29, 0.717) is 17.9 Å². The van der Waals surface area contributed by atoms with Crippen molar-refractivity contribution in [2.45, 2.75) is 19.8 Å². The lowest BCUT2D eigenvalue weighted by atomic mass is 10.2. The molecule has 0 radical (unpaired) electrons. The van der Waals surface area contributed by atoms with Crippen molar-refractivity contribution in [3.05, 3.63) is 59.7 Å². The van der Waals surface area contributed by atoms with Crippen LogP contribution in [-0.2, 0) is 4.79 Å². The van der Waals surface area contributed by atoms with E-state index in [0.717, 1.165) is 24.2 Å². The summed E-state index contributed by atoms with van der Waals surface area (Å²) in [6, 6.07) is 14.2. The fourth-order valence-corrected chi connectivity index (χ4v) is 2.34. The molecule has 0 spiro atoms. The molecule has 26 heavy (non-hydrogen) atoms. The summed E-state index contributed by atoms with van der Waals surface area (Å²) in [6.45, 7) is 2.55.